The first-order valence-corrected chi connectivity index (χ1v) is 17.8. The highest BCUT2D eigenvalue weighted by atomic mass is 35.5. The van der Waals surface area contributed by atoms with Crippen molar-refractivity contribution in [2.24, 2.45) is 0 Å². The Kier molecular flexibility index (Phi) is 11.3. The maximum Gasteiger partial charge on any atom is 0.115 e. The molecule has 2 aliphatic rings. The molecule has 0 spiro atoms. The Morgan fingerprint density at radius 3 is 1.23 bits per heavy atom. The second-order valence-corrected chi connectivity index (χ2v) is 14.1. The fraction of sp³-hybridized carbons (Fsp3) is 0.429. The largest absolute Gasteiger partial charge is 0.366 e. The van der Waals surface area contributed by atoms with E-state index in [0.717, 1.165) is 61.0 Å². The summed E-state index contributed by atoms with van der Waals surface area (Å²) in [6.07, 6.45) is 4.98. The standard InChI is InChI=1S/2C21H26ClNO/c2*1-21(17-7-4-3-5-8-17,18-10-12-19(22)13-11-18)24-16-14-20-9-6-15-23(20)2/h2*3-5,7-8,10-13,20H,6,9,14-16H2,1-2H3/t20-,21?;20-,21-/m11/s1/i2*16D2. The third kappa shape index (κ3) is 9.29. The van der Waals surface area contributed by atoms with Crippen LogP contribution in [0.15, 0.2) is 109 Å². The fourth-order valence-electron chi connectivity index (χ4n) is 6.66. The summed E-state index contributed by atoms with van der Waals surface area (Å²) >= 11 is 12.1. The van der Waals surface area contributed by atoms with E-state index in [4.69, 9.17) is 38.2 Å². The quantitative estimate of drug-likeness (QED) is 0.148. The van der Waals surface area contributed by atoms with Crippen molar-refractivity contribution in [1.29, 1.82) is 0 Å². The third-order valence-electron chi connectivity index (χ3n) is 9.97. The van der Waals surface area contributed by atoms with Crippen LogP contribution in [-0.4, -0.2) is 62.2 Å². The molecule has 4 aromatic carbocycles. The molecule has 0 saturated carbocycles. The zero-order valence-corrected chi connectivity index (χ0v) is 30.2. The molecule has 6 heteroatoms. The van der Waals surface area contributed by atoms with E-state index in [1.807, 2.05) is 123 Å². The highest BCUT2D eigenvalue weighted by molar-refractivity contribution is 6.30. The van der Waals surface area contributed by atoms with Crippen LogP contribution in [0.5, 0.6) is 0 Å². The fourth-order valence-corrected chi connectivity index (χ4v) is 6.91. The predicted octanol–water partition coefficient (Wildman–Crippen LogP) is 10.2. The molecule has 256 valence electrons. The molecule has 2 aliphatic heterocycles. The molecule has 0 bridgehead atoms. The zero-order valence-electron chi connectivity index (χ0n) is 32.7. The number of ether oxygens (including phenoxy) is 2. The topological polar surface area (TPSA) is 24.9 Å². The normalized spacial score (nSPS) is 22.7. The van der Waals surface area contributed by atoms with E-state index in [0.29, 0.717) is 22.9 Å². The Morgan fingerprint density at radius 2 is 0.917 bits per heavy atom. The lowest BCUT2D eigenvalue weighted by Gasteiger charge is -2.32. The van der Waals surface area contributed by atoms with Gasteiger partial charge in [0.05, 0.1) is 5.48 Å². The van der Waals surface area contributed by atoms with Crippen molar-refractivity contribution in [3.8, 4) is 0 Å². The van der Waals surface area contributed by atoms with Crippen molar-refractivity contribution >= 4 is 23.2 Å². The lowest BCUT2D eigenvalue weighted by Crippen LogP contribution is -2.31. The molecular weight excluding hydrogens is 635 g/mol. The van der Waals surface area contributed by atoms with Gasteiger partial charge in [0.2, 0.25) is 0 Å². The summed E-state index contributed by atoms with van der Waals surface area (Å²) in [5, 5.41) is 1.31. The molecule has 2 saturated heterocycles. The highest BCUT2D eigenvalue weighted by Gasteiger charge is 2.32. The highest BCUT2D eigenvalue weighted by Crippen LogP contribution is 2.36. The molecule has 2 fully saturated rings. The maximum absolute atomic E-state index is 8.57. The predicted molar refractivity (Wildman–Crippen MR) is 201 cm³/mol. The van der Waals surface area contributed by atoms with Crippen LogP contribution in [0.3, 0.4) is 0 Å². The first kappa shape index (κ1) is 31.3. The summed E-state index contributed by atoms with van der Waals surface area (Å²) in [7, 11) is 4.12. The maximum atomic E-state index is 8.57. The van der Waals surface area contributed by atoms with Gasteiger partial charge < -0.3 is 19.3 Å². The summed E-state index contributed by atoms with van der Waals surface area (Å²) in [5.74, 6) is 0. The Balaban J connectivity index is 0.000000201. The van der Waals surface area contributed by atoms with E-state index in [-0.39, 0.29) is 12.1 Å². The smallest absolute Gasteiger partial charge is 0.115 e. The van der Waals surface area contributed by atoms with E-state index in [2.05, 4.69) is 23.9 Å². The van der Waals surface area contributed by atoms with Crippen LogP contribution in [0.25, 0.3) is 0 Å². The lowest BCUT2D eigenvalue weighted by atomic mass is 9.88. The van der Waals surface area contributed by atoms with Crippen LogP contribution < -0.4 is 0 Å². The minimum atomic E-state index is -1.74. The molecule has 0 aromatic heterocycles. The van der Waals surface area contributed by atoms with Gasteiger partial charge in [0.25, 0.3) is 0 Å². The minimum Gasteiger partial charge on any atom is -0.366 e. The number of likely N-dealkylation sites (tertiary alicyclic amines) is 2. The van der Waals surface area contributed by atoms with Crippen LogP contribution in [0, 0.1) is 0 Å². The van der Waals surface area contributed by atoms with Gasteiger partial charge in [0.1, 0.15) is 11.2 Å². The summed E-state index contributed by atoms with van der Waals surface area (Å²) in [4.78, 5) is 4.45. The Morgan fingerprint density at radius 1 is 0.583 bits per heavy atom. The van der Waals surface area contributed by atoms with E-state index in [9.17, 15) is 0 Å². The Bertz CT molecular complexity index is 1570. The average Bonchev–Trinajstić information content (AvgIpc) is 3.71. The van der Waals surface area contributed by atoms with Crippen molar-refractivity contribution in [3.63, 3.8) is 0 Å². The van der Waals surface area contributed by atoms with Gasteiger partial charge in [0.15, 0.2) is 0 Å². The van der Waals surface area contributed by atoms with E-state index in [1.54, 1.807) is 0 Å². The number of hydrogen-bond donors (Lipinski definition) is 0. The van der Waals surface area contributed by atoms with E-state index in [1.165, 1.54) is 0 Å². The van der Waals surface area contributed by atoms with Gasteiger partial charge >= 0.3 is 0 Å². The second kappa shape index (κ2) is 17.3. The molecule has 2 heterocycles. The van der Waals surface area contributed by atoms with Crippen molar-refractivity contribution in [2.75, 3.05) is 40.3 Å². The molecule has 4 atom stereocenters. The molecule has 48 heavy (non-hydrogen) atoms. The van der Waals surface area contributed by atoms with Gasteiger partial charge in [-0.05, 0) is 126 Å². The molecule has 6 rings (SSSR count). The first-order valence-electron chi connectivity index (χ1n) is 19.0. The van der Waals surface area contributed by atoms with Gasteiger partial charge in [-0.15, -0.1) is 0 Å². The minimum absolute atomic E-state index is 0.218. The Hall–Kier alpha value is -2.70. The van der Waals surface area contributed by atoms with Crippen LogP contribution in [0.2, 0.25) is 10.0 Å². The average molecular weight is 692 g/mol. The SMILES string of the molecule is [2H]C([2H])(C[C@H]1CCCN1C)OC(C)(c1ccccc1)c1ccc(Cl)cc1.[2H]C([2H])(C[C@H]1CCCN1C)O[C@](C)(c1ccccc1)c1ccc(Cl)cc1. The summed E-state index contributed by atoms with van der Waals surface area (Å²) < 4.78 is 46.7. The number of rotatable bonds is 12. The van der Waals surface area contributed by atoms with Crippen molar-refractivity contribution in [3.05, 3.63) is 141 Å². The molecule has 4 aromatic rings. The van der Waals surface area contributed by atoms with Crippen LogP contribution in [-0.2, 0) is 20.7 Å². The van der Waals surface area contributed by atoms with Crippen LogP contribution >= 0.6 is 23.2 Å². The molecular formula is C42H52Cl2N2O2. The van der Waals surface area contributed by atoms with Crippen LogP contribution in [0.1, 0.15) is 80.1 Å². The zero-order chi connectivity index (χ0) is 37.6. The molecule has 0 amide bonds. The number of benzene rings is 4. The van der Waals surface area contributed by atoms with Crippen molar-refractivity contribution in [1.82, 2.24) is 9.80 Å². The number of hydrogen-bond acceptors (Lipinski definition) is 4. The first-order chi connectivity index (χ1) is 24.6. The number of nitrogens with zero attached hydrogens (tertiary/aromatic N) is 2. The molecule has 0 N–H and O–H groups in total. The van der Waals surface area contributed by atoms with E-state index < -0.39 is 24.3 Å². The monoisotopic (exact) mass is 690 g/mol. The number of halogens is 2. The summed E-state index contributed by atoms with van der Waals surface area (Å²) in [5.41, 5.74) is 1.82. The van der Waals surface area contributed by atoms with Crippen molar-refractivity contribution in [2.45, 2.75) is 75.7 Å². The summed E-state index contributed by atoms with van der Waals surface area (Å²) in [6.45, 7) is 2.42. The van der Waals surface area contributed by atoms with Gasteiger partial charge in [-0.2, -0.15) is 0 Å². The summed E-state index contributed by atoms with van der Waals surface area (Å²) in [6, 6.07) is 35.0. The third-order valence-corrected chi connectivity index (χ3v) is 10.5. The molecule has 0 aliphatic carbocycles. The molecule has 4 nitrogen and oxygen atoms in total. The second-order valence-electron chi connectivity index (χ2n) is 13.3. The van der Waals surface area contributed by atoms with Gasteiger partial charge in [-0.25, -0.2) is 0 Å². The lowest BCUT2D eigenvalue weighted by molar-refractivity contribution is -0.0119. The van der Waals surface area contributed by atoms with Gasteiger partial charge in [0, 0.05) is 35.2 Å². The van der Waals surface area contributed by atoms with Crippen LogP contribution in [0.4, 0.5) is 0 Å². The molecule has 0 radical (unpaired) electrons. The Labute approximate surface area is 304 Å². The van der Waals surface area contributed by atoms with Gasteiger partial charge in [-0.3, -0.25) is 0 Å². The molecule has 1 unspecified atom stereocenters. The van der Waals surface area contributed by atoms with Crippen molar-refractivity contribution < 1.29 is 15.0 Å². The van der Waals surface area contributed by atoms with E-state index >= 15 is 0 Å². The van der Waals surface area contributed by atoms with Gasteiger partial charge in [-0.1, -0.05) is 108 Å².